The van der Waals surface area contributed by atoms with E-state index in [-0.39, 0.29) is 23.6 Å². The molecule has 3 rings (SSSR count). The Morgan fingerprint density at radius 3 is 2.64 bits per heavy atom. The molecule has 4 atom stereocenters. The first-order chi connectivity index (χ1) is 15.9. The molecular weight excluding hydrogens is 442 g/mol. The second-order valence-electron chi connectivity index (χ2n) is 8.23. The molecule has 10 heteroatoms. The highest BCUT2D eigenvalue weighted by atomic mass is 32.1. The van der Waals surface area contributed by atoms with Gasteiger partial charge in [0.2, 0.25) is 17.7 Å². The summed E-state index contributed by atoms with van der Waals surface area (Å²) in [6, 6.07) is 7.97. The number of amides is 3. The van der Waals surface area contributed by atoms with Crippen LogP contribution in [0, 0.1) is 5.92 Å². The van der Waals surface area contributed by atoms with Crippen molar-refractivity contribution in [3.63, 3.8) is 0 Å². The third-order valence-electron chi connectivity index (χ3n) is 6.08. The predicted molar refractivity (Wildman–Crippen MR) is 127 cm³/mol. The molecule has 2 aromatic rings. The lowest BCUT2D eigenvalue weighted by atomic mass is 10.1. The zero-order valence-electron chi connectivity index (χ0n) is 19.4. The monoisotopic (exact) mass is 473 g/mol. The normalized spacial score (nSPS) is 18.4. The molecule has 0 unspecified atom stereocenters. The number of hydrogen-bond donors (Lipinski definition) is 2. The maximum atomic E-state index is 13.4. The number of nitrogens with one attached hydrogen (secondary N) is 2. The summed E-state index contributed by atoms with van der Waals surface area (Å²) in [6.07, 6.45) is 1.36. The maximum Gasteiger partial charge on any atom is 0.248 e. The van der Waals surface area contributed by atoms with Crippen LogP contribution in [0.1, 0.15) is 40.0 Å². The Morgan fingerprint density at radius 2 is 1.97 bits per heavy atom. The van der Waals surface area contributed by atoms with Crippen molar-refractivity contribution in [3.8, 4) is 11.3 Å². The van der Waals surface area contributed by atoms with Crippen LogP contribution in [0.15, 0.2) is 30.3 Å². The highest BCUT2D eigenvalue weighted by Crippen LogP contribution is 2.30. The van der Waals surface area contributed by atoms with E-state index in [9.17, 15) is 14.4 Å². The lowest BCUT2D eigenvalue weighted by Gasteiger charge is -2.31. The summed E-state index contributed by atoms with van der Waals surface area (Å²) in [5.41, 5.74) is 1.44. The van der Waals surface area contributed by atoms with Crippen molar-refractivity contribution in [1.82, 2.24) is 19.8 Å². The minimum atomic E-state index is -0.866. The van der Waals surface area contributed by atoms with Gasteiger partial charge in [-0.1, -0.05) is 48.7 Å². The topological polar surface area (TPSA) is 114 Å². The summed E-state index contributed by atoms with van der Waals surface area (Å²) in [7, 11) is 1.50. The molecule has 0 radical (unpaired) electrons. The van der Waals surface area contributed by atoms with Gasteiger partial charge in [0.25, 0.3) is 0 Å². The highest BCUT2D eigenvalue weighted by Gasteiger charge is 2.40. The summed E-state index contributed by atoms with van der Waals surface area (Å²) < 4.78 is 9.36. The van der Waals surface area contributed by atoms with Gasteiger partial charge in [-0.05, 0) is 26.2 Å². The molecule has 0 aliphatic carbocycles. The molecule has 1 fully saturated rings. The van der Waals surface area contributed by atoms with Gasteiger partial charge in [0, 0.05) is 36.7 Å². The molecule has 0 saturated carbocycles. The second kappa shape index (κ2) is 11.3. The Bertz CT molecular complexity index is 967. The van der Waals surface area contributed by atoms with Crippen LogP contribution in [0.4, 0.5) is 5.00 Å². The minimum Gasteiger partial charge on any atom is -0.379 e. The van der Waals surface area contributed by atoms with Gasteiger partial charge < -0.3 is 20.3 Å². The molecule has 1 aromatic heterocycles. The Labute approximate surface area is 198 Å². The fourth-order valence-corrected chi connectivity index (χ4v) is 4.33. The second-order valence-corrected chi connectivity index (χ2v) is 8.99. The SMILES string of the molecule is CC[C@@H](C)C(=O)N[C@H](C(=O)N1CCC[C@H]1C(=O)Nc1snnc1-c1ccccc1)[C@H](C)OC. The van der Waals surface area contributed by atoms with Crippen molar-refractivity contribution in [3.05, 3.63) is 30.3 Å². The molecule has 9 nitrogen and oxygen atoms in total. The van der Waals surface area contributed by atoms with Gasteiger partial charge in [-0.2, -0.15) is 0 Å². The number of carbonyl (C=O) groups is 3. The highest BCUT2D eigenvalue weighted by molar-refractivity contribution is 7.10. The average molecular weight is 474 g/mol. The maximum absolute atomic E-state index is 13.4. The number of carbonyl (C=O) groups excluding carboxylic acids is 3. The number of rotatable bonds is 9. The molecule has 1 aliphatic heterocycles. The van der Waals surface area contributed by atoms with Crippen molar-refractivity contribution >= 4 is 34.3 Å². The molecule has 0 bridgehead atoms. The molecule has 2 N–H and O–H groups in total. The molecule has 2 heterocycles. The lowest BCUT2D eigenvalue weighted by Crippen LogP contribution is -2.57. The number of hydrogen-bond acceptors (Lipinski definition) is 7. The third kappa shape index (κ3) is 5.75. The van der Waals surface area contributed by atoms with E-state index < -0.39 is 18.2 Å². The number of nitrogens with zero attached hydrogens (tertiary/aromatic N) is 3. The molecule has 178 valence electrons. The van der Waals surface area contributed by atoms with Gasteiger partial charge in [-0.25, -0.2) is 0 Å². The van der Waals surface area contributed by atoms with E-state index in [4.69, 9.17) is 4.74 Å². The largest absolute Gasteiger partial charge is 0.379 e. The van der Waals surface area contributed by atoms with Crippen molar-refractivity contribution in [2.75, 3.05) is 19.0 Å². The summed E-state index contributed by atoms with van der Waals surface area (Å²) in [4.78, 5) is 40.6. The Balaban J connectivity index is 1.75. The zero-order chi connectivity index (χ0) is 24.0. The van der Waals surface area contributed by atoms with E-state index in [1.54, 1.807) is 11.8 Å². The minimum absolute atomic E-state index is 0.205. The van der Waals surface area contributed by atoms with Crippen LogP contribution < -0.4 is 10.6 Å². The quantitative estimate of drug-likeness (QED) is 0.579. The third-order valence-corrected chi connectivity index (χ3v) is 6.72. The molecule has 3 amide bonds. The van der Waals surface area contributed by atoms with Crippen LogP contribution in [0.25, 0.3) is 11.3 Å². The van der Waals surface area contributed by atoms with Crippen LogP contribution in [-0.2, 0) is 19.1 Å². The first-order valence-electron chi connectivity index (χ1n) is 11.2. The molecule has 1 aromatic carbocycles. The van der Waals surface area contributed by atoms with Gasteiger partial charge in [0.05, 0.1) is 6.10 Å². The molecular formula is C23H31N5O4S. The van der Waals surface area contributed by atoms with Crippen molar-refractivity contribution < 1.29 is 19.1 Å². The van der Waals surface area contributed by atoms with Gasteiger partial charge in [-0.3, -0.25) is 14.4 Å². The molecule has 0 spiro atoms. The molecule has 1 aliphatic rings. The summed E-state index contributed by atoms with van der Waals surface area (Å²) in [5, 5.41) is 10.4. The number of ether oxygens (including phenoxy) is 1. The number of anilines is 1. The van der Waals surface area contributed by atoms with E-state index in [0.717, 1.165) is 17.1 Å². The lowest BCUT2D eigenvalue weighted by molar-refractivity contribution is -0.143. The number of methoxy groups -OCH3 is 1. The van der Waals surface area contributed by atoms with Gasteiger partial charge in [-0.15, -0.1) is 5.10 Å². The average Bonchev–Trinajstić information content (AvgIpc) is 3.51. The van der Waals surface area contributed by atoms with E-state index in [1.807, 2.05) is 44.2 Å². The first kappa shape index (κ1) is 24.8. The van der Waals surface area contributed by atoms with Crippen LogP contribution in [0.3, 0.4) is 0 Å². The zero-order valence-corrected chi connectivity index (χ0v) is 20.2. The first-order valence-corrected chi connectivity index (χ1v) is 12.0. The van der Waals surface area contributed by atoms with Crippen LogP contribution >= 0.6 is 11.5 Å². The molecule has 1 saturated heterocycles. The van der Waals surface area contributed by atoms with Crippen LogP contribution in [0.5, 0.6) is 0 Å². The van der Waals surface area contributed by atoms with E-state index in [1.165, 1.54) is 7.11 Å². The standard InChI is InChI=1S/C23H31N5O4S/c1-5-14(2)20(29)24-18(15(3)32-4)23(31)28-13-9-12-17(28)21(30)25-22-19(26-27-33-22)16-10-7-6-8-11-16/h6-8,10-11,14-15,17-18H,5,9,12-13H2,1-4H3,(H,24,29)(H,25,30)/t14-,15+,17+,18+/m1/s1. The van der Waals surface area contributed by atoms with E-state index in [2.05, 4.69) is 20.2 Å². The van der Waals surface area contributed by atoms with E-state index in [0.29, 0.717) is 36.5 Å². The Hall–Kier alpha value is -2.85. The fourth-order valence-electron chi connectivity index (χ4n) is 3.73. The van der Waals surface area contributed by atoms with Gasteiger partial charge >= 0.3 is 0 Å². The number of likely N-dealkylation sites (tertiary alicyclic amines) is 1. The Morgan fingerprint density at radius 1 is 1.24 bits per heavy atom. The number of aromatic nitrogens is 2. The predicted octanol–water partition coefficient (Wildman–Crippen LogP) is 2.70. The Kier molecular flexibility index (Phi) is 8.51. The smallest absolute Gasteiger partial charge is 0.248 e. The summed E-state index contributed by atoms with van der Waals surface area (Å²) in [5.74, 6) is -1.04. The van der Waals surface area contributed by atoms with E-state index >= 15 is 0 Å². The fraction of sp³-hybridized carbons (Fsp3) is 0.522. The van der Waals surface area contributed by atoms with Crippen LogP contribution in [-0.4, -0.2) is 64.1 Å². The van der Waals surface area contributed by atoms with Crippen LogP contribution in [0.2, 0.25) is 0 Å². The molecule has 33 heavy (non-hydrogen) atoms. The van der Waals surface area contributed by atoms with Crippen molar-refractivity contribution in [2.45, 2.75) is 58.2 Å². The summed E-state index contributed by atoms with van der Waals surface area (Å²) in [6.45, 7) is 5.91. The summed E-state index contributed by atoms with van der Waals surface area (Å²) >= 11 is 1.10. The van der Waals surface area contributed by atoms with Gasteiger partial charge in [0.15, 0.2) is 0 Å². The van der Waals surface area contributed by atoms with Crippen molar-refractivity contribution in [1.29, 1.82) is 0 Å². The number of benzene rings is 1. The van der Waals surface area contributed by atoms with Crippen molar-refractivity contribution in [2.24, 2.45) is 5.92 Å². The van der Waals surface area contributed by atoms with Gasteiger partial charge in [0.1, 0.15) is 22.8 Å².